The summed E-state index contributed by atoms with van der Waals surface area (Å²) < 4.78 is 0. The summed E-state index contributed by atoms with van der Waals surface area (Å²) in [4.78, 5) is 7.36. The van der Waals surface area contributed by atoms with Crippen molar-refractivity contribution < 1.29 is 5.11 Å². The molecule has 1 atom stereocenters. The molecular weight excluding hydrogens is 210 g/mol. The molecule has 15 heavy (non-hydrogen) atoms. The summed E-state index contributed by atoms with van der Waals surface area (Å²) in [5.74, 6) is 0. The Balaban J connectivity index is 2.58. The minimum atomic E-state index is -0.308. The van der Waals surface area contributed by atoms with Gasteiger partial charge < -0.3 is 10.8 Å². The number of aromatic nitrogens is 1. The molecule has 0 spiro atoms. The molecule has 0 fully saturated rings. The van der Waals surface area contributed by atoms with E-state index in [1.807, 2.05) is 0 Å². The van der Waals surface area contributed by atoms with Crippen LogP contribution in [0.1, 0.15) is 25.6 Å². The summed E-state index contributed by atoms with van der Waals surface area (Å²) in [6, 6.07) is 0.405. The van der Waals surface area contributed by atoms with Crippen LogP contribution in [-0.4, -0.2) is 33.7 Å². The van der Waals surface area contributed by atoms with Gasteiger partial charge in [-0.15, -0.1) is 11.3 Å². The third kappa shape index (κ3) is 4.15. The Kier molecular flexibility index (Phi) is 4.50. The van der Waals surface area contributed by atoms with E-state index in [0.29, 0.717) is 17.7 Å². The highest BCUT2D eigenvalue weighted by Gasteiger charge is 2.13. The number of anilines is 1. The van der Waals surface area contributed by atoms with Crippen molar-refractivity contribution in [1.82, 2.24) is 9.88 Å². The third-order valence-corrected chi connectivity index (χ3v) is 2.97. The van der Waals surface area contributed by atoms with Crippen LogP contribution in [0, 0.1) is 0 Å². The van der Waals surface area contributed by atoms with Gasteiger partial charge in [0.05, 0.1) is 6.10 Å². The number of nitrogens with zero attached hydrogens (tertiary/aromatic N) is 2. The van der Waals surface area contributed by atoms with Crippen LogP contribution >= 0.6 is 11.3 Å². The van der Waals surface area contributed by atoms with Gasteiger partial charge in [0.25, 0.3) is 0 Å². The third-order valence-electron chi connectivity index (χ3n) is 2.16. The lowest BCUT2D eigenvalue weighted by atomic mass is 10.2. The van der Waals surface area contributed by atoms with E-state index in [1.54, 1.807) is 13.1 Å². The van der Waals surface area contributed by atoms with Crippen molar-refractivity contribution >= 4 is 16.5 Å². The maximum atomic E-state index is 9.38. The molecule has 0 aromatic carbocycles. The van der Waals surface area contributed by atoms with E-state index in [-0.39, 0.29) is 6.10 Å². The van der Waals surface area contributed by atoms with Gasteiger partial charge in [0.15, 0.2) is 5.13 Å². The highest BCUT2D eigenvalue weighted by molar-refractivity contribution is 7.15. The molecule has 86 valence electrons. The van der Waals surface area contributed by atoms with Crippen molar-refractivity contribution in [2.24, 2.45) is 0 Å². The van der Waals surface area contributed by atoms with Crippen molar-refractivity contribution in [3.8, 4) is 0 Å². The summed E-state index contributed by atoms with van der Waals surface area (Å²) in [5, 5.41) is 9.98. The molecule has 0 saturated heterocycles. The normalized spacial score (nSPS) is 13.7. The van der Waals surface area contributed by atoms with Crippen LogP contribution in [0.15, 0.2) is 6.20 Å². The van der Waals surface area contributed by atoms with E-state index in [2.05, 4.69) is 23.7 Å². The van der Waals surface area contributed by atoms with Crippen molar-refractivity contribution in [3.05, 3.63) is 11.1 Å². The number of rotatable bonds is 5. The van der Waals surface area contributed by atoms with E-state index in [1.165, 1.54) is 11.3 Å². The molecule has 1 rings (SSSR count). The second-order valence-corrected chi connectivity index (χ2v) is 5.18. The summed E-state index contributed by atoms with van der Waals surface area (Å²) in [6.45, 7) is 7.52. The van der Waals surface area contributed by atoms with Crippen LogP contribution in [-0.2, 0) is 6.54 Å². The zero-order valence-corrected chi connectivity index (χ0v) is 10.3. The smallest absolute Gasteiger partial charge is 0.180 e. The standard InChI is InChI=1S/C10H19N3OS/c1-7(2)13(5-8(3)14)6-9-4-12-10(11)15-9/h4,7-8,14H,5-6H2,1-3H3,(H2,11,12). The Labute approximate surface area is 94.7 Å². The lowest BCUT2D eigenvalue weighted by Gasteiger charge is -2.26. The van der Waals surface area contributed by atoms with Gasteiger partial charge in [-0.05, 0) is 20.8 Å². The van der Waals surface area contributed by atoms with E-state index < -0.39 is 0 Å². The SMILES string of the molecule is CC(O)CN(Cc1cnc(N)s1)C(C)C. The average molecular weight is 229 g/mol. The first-order chi connectivity index (χ1) is 6.99. The number of thiazole rings is 1. The maximum absolute atomic E-state index is 9.38. The number of nitrogen functional groups attached to an aromatic ring is 1. The highest BCUT2D eigenvalue weighted by atomic mass is 32.1. The molecular formula is C10H19N3OS. The van der Waals surface area contributed by atoms with Crippen LogP contribution in [0.25, 0.3) is 0 Å². The molecule has 0 aliphatic heterocycles. The van der Waals surface area contributed by atoms with Crippen LogP contribution in [0.4, 0.5) is 5.13 Å². The Bertz CT molecular complexity index is 299. The number of aliphatic hydroxyl groups is 1. The molecule has 0 amide bonds. The molecule has 0 aliphatic carbocycles. The number of hydrogen-bond acceptors (Lipinski definition) is 5. The minimum Gasteiger partial charge on any atom is -0.392 e. The Morgan fingerprint density at radius 3 is 2.60 bits per heavy atom. The second kappa shape index (κ2) is 5.44. The average Bonchev–Trinajstić information content (AvgIpc) is 2.49. The number of nitrogens with two attached hydrogens (primary N) is 1. The highest BCUT2D eigenvalue weighted by Crippen LogP contribution is 2.17. The molecule has 3 N–H and O–H groups in total. The largest absolute Gasteiger partial charge is 0.392 e. The van der Waals surface area contributed by atoms with Crippen LogP contribution in [0.5, 0.6) is 0 Å². The topological polar surface area (TPSA) is 62.4 Å². The zero-order valence-electron chi connectivity index (χ0n) is 9.47. The van der Waals surface area contributed by atoms with Gasteiger partial charge in [0, 0.05) is 30.2 Å². The fourth-order valence-electron chi connectivity index (χ4n) is 1.39. The summed E-state index contributed by atoms with van der Waals surface area (Å²) in [6.07, 6.45) is 1.50. The first kappa shape index (κ1) is 12.4. The number of aliphatic hydroxyl groups excluding tert-OH is 1. The lowest BCUT2D eigenvalue weighted by molar-refractivity contribution is 0.103. The predicted octanol–water partition coefficient (Wildman–Crippen LogP) is 1.32. The Hall–Kier alpha value is -0.650. The molecule has 0 saturated carbocycles. The Morgan fingerprint density at radius 2 is 2.20 bits per heavy atom. The molecule has 1 unspecified atom stereocenters. The van der Waals surface area contributed by atoms with Crippen LogP contribution in [0.2, 0.25) is 0 Å². The number of hydrogen-bond donors (Lipinski definition) is 2. The van der Waals surface area contributed by atoms with Gasteiger partial charge in [-0.2, -0.15) is 0 Å². The monoisotopic (exact) mass is 229 g/mol. The molecule has 4 nitrogen and oxygen atoms in total. The minimum absolute atomic E-state index is 0.308. The maximum Gasteiger partial charge on any atom is 0.180 e. The van der Waals surface area contributed by atoms with Crippen molar-refractivity contribution in [2.75, 3.05) is 12.3 Å². The van der Waals surface area contributed by atoms with Gasteiger partial charge in [0.2, 0.25) is 0 Å². The lowest BCUT2D eigenvalue weighted by Crippen LogP contribution is -2.35. The van der Waals surface area contributed by atoms with Gasteiger partial charge in [-0.1, -0.05) is 0 Å². The van der Waals surface area contributed by atoms with Crippen molar-refractivity contribution in [1.29, 1.82) is 0 Å². The first-order valence-electron chi connectivity index (χ1n) is 5.11. The van der Waals surface area contributed by atoms with E-state index in [4.69, 9.17) is 5.73 Å². The fraction of sp³-hybridized carbons (Fsp3) is 0.700. The van der Waals surface area contributed by atoms with Crippen LogP contribution in [0.3, 0.4) is 0 Å². The molecule has 0 bridgehead atoms. The second-order valence-electron chi connectivity index (χ2n) is 4.04. The zero-order chi connectivity index (χ0) is 11.4. The fourth-order valence-corrected chi connectivity index (χ4v) is 2.10. The molecule has 5 heteroatoms. The van der Waals surface area contributed by atoms with E-state index in [0.717, 1.165) is 11.4 Å². The first-order valence-corrected chi connectivity index (χ1v) is 5.93. The van der Waals surface area contributed by atoms with Crippen LogP contribution < -0.4 is 5.73 Å². The summed E-state index contributed by atoms with van der Waals surface area (Å²) in [5.41, 5.74) is 5.57. The molecule has 1 heterocycles. The molecule has 1 aromatic rings. The molecule has 1 aromatic heterocycles. The quantitative estimate of drug-likeness (QED) is 0.799. The summed E-state index contributed by atoms with van der Waals surface area (Å²) >= 11 is 1.50. The van der Waals surface area contributed by atoms with Gasteiger partial charge in [-0.3, -0.25) is 4.90 Å². The Morgan fingerprint density at radius 1 is 1.53 bits per heavy atom. The van der Waals surface area contributed by atoms with E-state index in [9.17, 15) is 5.11 Å². The summed E-state index contributed by atoms with van der Waals surface area (Å²) in [7, 11) is 0. The van der Waals surface area contributed by atoms with Gasteiger partial charge in [-0.25, -0.2) is 4.98 Å². The van der Waals surface area contributed by atoms with E-state index >= 15 is 0 Å². The van der Waals surface area contributed by atoms with Gasteiger partial charge in [0.1, 0.15) is 0 Å². The van der Waals surface area contributed by atoms with Crippen molar-refractivity contribution in [2.45, 2.75) is 39.5 Å². The van der Waals surface area contributed by atoms with Crippen molar-refractivity contribution in [3.63, 3.8) is 0 Å². The predicted molar refractivity (Wildman–Crippen MR) is 63.8 cm³/mol. The van der Waals surface area contributed by atoms with Gasteiger partial charge >= 0.3 is 0 Å². The molecule has 0 aliphatic rings. The molecule has 0 radical (unpaired) electrons.